The fourth-order valence-corrected chi connectivity index (χ4v) is 4.83. The van der Waals surface area contributed by atoms with E-state index in [1.165, 1.54) is 33.5 Å². The number of ether oxygens (including phenoxy) is 6. The molecule has 3 aromatic carbocycles. The molecule has 11 nitrogen and oxygen atoms in total. The van der Waals surface area contributed by atoms with Crippen molar-refractivity contribution in [2.75, 3.05) is 21.3 Å². The molecule has 0 bridgehead atoms. The van der Waals surface area contributed by atoms with Crippen LogP contribution in [0, 0.1) is 0 Å². The molecule has 2 aliphatic heterocycles. The zero-order chi connectivity index (χ0) is 27.1. The van der Waals surface area contributed by atoms with Gasteiger partial charge in [0.25, 0.3) is 6.29 Å². The van der Waals surface area contributed by atoms with Crippen LogP contribution in [-0.2, 0) is 9.53 Å². The number of fused-ring (bicyclic) bond motifs is 2. The second-order valence-corrected chi connectivity index (χ2v) is 8.80. The monoisotopic (exact) mass is 526 g/mol. The zero-order valence-electron chi connectivity index (χ0n) is 20.7. The molecule has 0 aromatic heterocycles. The number of hydrogen-bond donors (Lipinski definition) is 4. The van der Waals surface area contributed by atoms with Crippen LogP contribution in [0.1, 0.15) is 35.1 Å². The second kappa shape index (κ2) is 9.75. The quantitative estimate of drug-likeness (QED) is 0.350. The minimum absolute atomic E-state index is 0.0984. The molecule has 0 radical (unpaired) electrons. The molecular formula is C27H26O11. The number of carbonyl (C=O) groups is 1. The Labute approximate surface area is 217 Å². The van der Waals surface area contributed by atoms with Gasteiger partial charge < -0.3 is 48.8 Å². The Kier molecular flexibility index (Phi) is 6.45. The fraction of sp³-hybridized carbons (Fsp3) is 0.296. The summed E-state index contributed by atoms with van der Waals surface area (Å²) in [6.07, 6.45) is -3.37. The normalized spacial score (nSPS) is 21.3. The summed E-state index contributed by atoms with van der Waals surface area (Å²) in [6.45, 7) is 0. The molecule has 0 aliphatic carbocycles. The van der Waals surface area contributed by atoms with E-state index in [1.54, 1.807) is 24.3 Å². The zero-order valence-corrected chi connectivity index (χ0v) is 20.7. The number of hydrogen-bond acceptors (Lipinski definition) is 11. The third-order valence-corrected chi connectivity index (χ3v) is 6.56. The van der Waals surface area contributed by atoms with E-state index in [1.807, 2.05) is 0 Å². The largest absolute Gasteiger partial charge is 0.508 e. The molecule has 0 spiro atoms. The molecule has 2 heterocycles. The van der Waals surface area contributed by atoms with Gasteiger partial charge in [-0.25, -0.2) is 0 Å². The second-order valence-electron chi connectivity index (χ2n) is 8.80. The van der Waals surface area contributed by atoms with Crippen LogP contribution in [0.3, 0.4) is 0 Å². The van der Waals surface area contributed by atoms with E-state index in [-0.39, 0.29) is 46.3 Å². The summed E-state index contributed by atoms with van der Waals surface area (Å²) < 4.78 is 32.8. The summed E-state index contributed by atoms with van der Waals surface area (Å²) in [6, 6.07) is 10.2. The van der Waals surface area contributed by atoms with Crippen LogP contribution in [0.5, 0.6) is 46.0 Å². The van der Waals surface area contributed by atoms with Gasteiger partial charge in [-0.15, -0.1) is 0 Å². The van der Waals surface area contributed by atoms with Gasteiger partial charge in [0.2, 0.25) is 0 Å². The van der Waals surface area contributed by atoms with Crippen molar-refractivity contribution in [3.8, 4) is 46.0 Å². The highest BCUT2D eigenvalue weighted by molar-refractivity contribution is 5.70. The Morgan fingerprint density at radius 1 is 0.842 bits per heavy atom. The number of carbonyl (C=O) groups excluding carboxylic acids is 1. The molecule has 2 aliphatic rings. The lowest BCUT2D eigenvalue weighted by Crippen LogP contribution is -2.35. The lowest BCUT2D eigenvalue weighted by Gasteiger charge is -2.38. The van der Waals surface area contributed by atoms with Gasteiger partial charge in [-0.05, 0) is 17.7 Å². The maximum atomic E-state index is 11.7. The number of aliphatic hydroxyl groups is 1. The van der Waals surface area contributed by atoms with Crippen molar-refractivity contribution in [1.29, 1.82) is 0 Å². The summed E-state index contributed by atoms with van der Waals surface area (Å²) in [5, 5.41) is 43.6. The van der Waals surface area contributed by atoms with Crippen molar-refractivity contribution >= 4 is 5.97 Å². The highest BCUT2D eigenvalue weighted by Crippen LogP contribution is 2.55. The summed E-state index contributed by atoms with van der Waals surface area (Å²) in [7, 11) is 4.11. The molecule has 3 aromatic rings. The molecule has 200 valence electrons. The predicted octanol–water partition coefficient (Wildman–Crippen LogP) is 3.11. The standard InChI is InChI=1S/C27H26O11/c1-33-14-9-16(30)23(19(10-14)34-2)25-24-15(29)7-13(28)8-20(24)38-27(26(25)32)12-4-5-17-18(6-12)37-22(36-17)11-21(31)35-3/h4-10,22,25-30,32H,11H2,1-3H3/t22?,25-,26+,27+/m0/s1. The van der Waals surface area contributed by atoms with E-state index in [0.717, 1.165) is 6.07 Å². The highest BCUT2D eigenvalue weighted by Gasteiger charge is 2.44. The number of esters is 1. The van der Waals surface area contributed by atoms with Gasteiger partial charge in [0.1, 0.15) is 47.0 Å². The number of benzene rings is 3. The molecule has 38 heavy (non-hydrogen) atoms. The third kappa shape index (κ3) is 4.30. The molecule has 11 heteroatoms. The van der Waals surface area contributed by atoms with E-state index < -0.39 is 30.4 Å². The van der Waals surface area contributed by atoms with Crippen molar-refractivity contribution in [3.63, 3.8) is 0 Å². The Hall–Kier alpha value is -4.51. The minimum Gasteiger partial charge on any atom is -0.508 e. The van der Waals surface area contributed by atoms with Gasteiger partial charge in [-0.1, -0.05) is 6.07 Å². The van der Waals surface area contributed by atoms with Crippen molar-refractivity contribution in [1.82, 2.24) is 0 Å². The maximum Gasteiger partial charge on any atom is 0.313 e. The maximum absolute atomic E-state index is 11.7. The average Bonchev–Trinajstić information content (AvgIpc) is 3.29. The van der Waals surface area contributed by atoms with Gasteiger partial charge in [0, 0.05) is 35.4 Å². The summed E-state index contributed by atoms with van der Waals surface area (Å²) in [5.74, 6) is -0.998. The minimum atomic E-state index is -1.35. The van der Waals surface area contributed by atoms with Crippen LogP contribution in [0.2, 0.25) is 0 Å². The molecule has 4 atom stereocenters. The van der Waals surface area contributed by atoms with Crippen molar-refractivity contribution in [2.24, 2.45) is 0 Å². The topological polar surface area (TPSA) is 153 Å². The summed E-state index contributed by atoms with van der Waals surface area (Å²) in [4.78, 5) is 11.6. The van der Waals surface area contributed by atoms with Gasteiger partial charge in [0.05, 0.1) is 27.2 Å². The first-order chi connectivity index (χ1) is 18.2. The number of phenols is 3. The van der Waals surface area contributed by atoms with Gasteiger partial charge >= 0.3 is 5.97 Å². The van der Waals surface area contributed by atoms with Gasteiger partial charge in [-0.3, -0.25) is 4.79 Å². The molecule has 1 unspecified atom stereocenters. The van der Waals surface area contributed by atoms with E-state index in [0.29, 0.717) is 22.8 Å². The lowest BCUT2D eigenvalue weighted by atomic mass is 9.79. The lowest BCUT2D eigenvalue weighted by molar-refractivity contribution is -0.145. The van der Waals surface area contributed by atoms with Gasteiger partial charge in [0.15, 0.2) is 17.6 Å². The Morgan fingerprint density at radius 2 is 1.58 bits per heavy atom. The molecule has 0 saturated carbocycles. The number of rotatable bonds is 6. The number of aliphatic hydroxyl groups excluding tert-OH is 1. The molecule has 0 saturated heterocycles. The molecule has 4 N–H and O–H groups in total. The molecular weight excluding hydrogens is 500 g/mol. The highest BCUT2D eigenvalue weighted by atomic mass is 16.7. The molecule has 0 amide bonds. The van der Waals surface area contributed by atoms with Crippen LogP contribution in [-0.4, -0.2) is 60.1 Å². The molecule has 5 rings (SSSR count). The van der Waals surface area contributed by atoms with Crippen molar-refractivity contribution < 1.29 is 53.6 Å². The SMILES string of the molecule is COC(=O)CC1Oc2ccc([C@H]3Oc4cc(O)cc(O)c4[C@H](c4c(O)cc(OC)cc4OC)[C@H]3O)cc2O1. The van der Waals surface area contributed by atoms with E-state index >= 15 is 0 Å². The Morgan fingerprint density at radius 3 is 2.29 bits per heavy atom. The van der Waals surface area contributed by atoms with Crippen molar-refractivity contribution in [3.05, 3.63) is 59.2 Å². The van der Waals surface area contributed by atoms with Crippen LogP contribution < -0.4 is 23.7 Å². The smallest absolute Gasteiger partial charge is 0.313 e. The summed E-state index contributed by atoms with van der Waals surface area (Å²) >= 11 is 0. The fourth-order valence-electron chi connectivity index (χ4n) is 4.83. The van der Waals surface area contributed by atoms with E-state index in [4.69, 9.17) is 23.7 Å². The number of methoxy groups -OCH3 is 3. The predicted molar refractivity (Wildman–Crippen MR) is 130 cm³/mol. The summed E-state index contributed by atoms with van der Waals surface area (Å²) in [5.41, 5.74) is 0.823. The third-order valence-electron chi connectivity index (χ3n) is 6.56. The average molecular weight is 526 g/mol. The first-order valence-electron chi connectivity index (χ1n) is 11.6. The van der Waals surface area contributed by atoms with Gasteiger partial charge in [-0.2, -0.15) is 0 Å². The van der Waals surface area contributed by atoms with Crippen LogP contribution >= 0.6 is 0 Å². The molecule has 0 fully saturated rings. The number of phenolic OH excluding ortho intramolecular Hbond substituents is 3. The van der Waals surface area contributed by atoms with E-state index in [9.17, 15) is 25.2 Å². The number of aromatic hydroxyl groups is 3. The first-order valence-corrected chi connectivity index (χ1v) is 11.6. The first kappa shape index (κ1) is 25.2. The van der Waals surface area contributed by atoms with E-state index in [2.05, 4.69) is 4.74 Å². The Balaban J connectivity index is 1.59. The Bertz CT molecular complexity index is 1390. The van der Waals surface area contributed by atoms with Crippen LogP contribution in [0.15, 0.2) is 42.5 Å². The van der Waals surface area contributed by atoms with Crippen LogP contribution in [0.4, 0.5) is 0 Å². The van der Waals surface area contributed by atoms with Crippen molar-refractivity contribution in [2.45, 2.75) is 30.8 Å². The van der Waals surface area contributed by atoms with Crippen LogP contribution in [0.25, 0.3) is 0 Å².